The molecule has 3 heterocycles. The van der Waals surface area contributed by atoms with E-state index in [0.717, 1.165) is 33.5 Å². The quantitative estimate of drug-likeness (QED) is 0.584. The molecular weight excluding hydrogens is 322 g/mol. The Bertz CT molecular complexity index is 981. The number of hydrogen-bond acceptors (Lipinski definition) is 4. The maximum atomic E-state index is 6.13. The summed E-state index contributed by atoms with van der Waals surface area (Å²) in [5.74, 6) is 0.785. The molecule has 0 saturated carbocycles. The molecule has 118 valence electrons. The molecule has 0 radical (unpaired) electrons. The molecule has 0 aliphatic rings. The summed E-state index contributed by atoms with van der Waals surface area (Å²) in [5.41, 5.74) is 3.97. The Balaban J connectivity index is 1.74. The second kappa shape index (κ2) is 6.29. The fraction of sp³-hybridized carbons (Fsp3) is 0.0556. The molecule has 0 saturated heterocycles. The number of fused-ring (bicyclic) bond motifs is 1. The van der Waals surface area contributed by atoms with Gasteiger partial charge in [-0.3, -0.25) is 4.98 Å². The summed E-state index contributed by atoms with van der Waals surface area (Å²) >= 11 is 6.13. The molecule has 5 nitrogen and oxygen atoms in total. The van der Waals surface area contributed by atoms with Crippen molar-refractivity contribution in [3.05, 3.63) is 71.9 Å². The van der Waals surface area contributed by atoms with Crippen LogP contribution in [0.2, 0.25) is 5.02 Å². The highest BCUT2D eigenvalue weighted by atomic mass is 35.5. The van der Waals surface area contributed by atoms with Crippen molar-refractivity contribution in [1.29, 1.82) is 0 Å². The third-order valence-corrected chi connectivity index (χ3v) is 4.05. The average molecular weight is 336 g/mol. The minimum atomic E-state index is 0.662. The first-order chi connectivity index (χ1) is 11.8. The lowest BCUT2D eigenvalue weighted by Gasteiger charge is -2.08. The van der Waals surface area contributed by atoms with Crippen molar-refractivity contribution in [3.8, 4) is 11.1 Å². The highest BCUT2D eigenvalue weighted by Crippen LogP contribution is 2.33. The van der Waals surface area contributed by atoms with Gasteiger partial charge in [0.05, 0.1) is 5.39 Å². The molecule has 0 unspecified atom stereocenters. The summed E-state index contributed by atoms with van der Waals surface area (Å²) < 4.78 is 0. The molecular formula is C18H14ClN5. The van der Waals surface area contributed by atoms with Gasteiger partial charge >= 0.3 is 0 Å². The number of anilines is 1. The molecule has 24 heavy (non-hydrogen) atoms. The predicted molar refractivity (Wildman–Crippen MR) is 95.9 cm³/mol. The maximum Gasteiger partial charge on any atom is 0.143 e. The first-order valence-corrected chi connectivity index (χ1v) is 7.90. The van der Waals surface area contributed by atoms with E-state index < -0.39 is 0 Å². The molecule has 0 spiro atoms. The molecule has 4 rings (SSSR count). The normalized spacial score (nSPS) is 10.9. The molecule has 2 N–H and O–H groups in total. The predicted octanol–water partition coefficient (Wildman–Crippen LogP) is 4.29. The van der Waals surface area contributed by atoms with Gasteiger partial charge in [0.1, 0.15) is 17.8 Å². The number of pyridine rings is 1. The Morgan fingerprint density at radius 1 is 1.08 bits per heavy atom. The van der Waals surface area contributed by atoms with Gasteiger partial charge in [0, 0.05) is 35.7 Å². The zero-order valence-electron chi connectivity index (χ0n) is 12.7. The number of hydrogen-bond donors (Lipinski definition) is 2. The number of nitrogens with one attached hydrogen (secondary N) is 2. The lowest BCUT2D eigenvalue weighted by atomic mass is 10.1. The molecule has 0 aliphatic heterocycles. The van der Waals surface area contributed by atoms with E-state index in [4.69, 9.17) is 11.6 Å². The summed E-state index contributed by atoms with van der Waals surface area (Å²) in [6, 6.07) is 11.7. The Morgan fingerprint density at radius 2 is 1.96 bits per heavy atom. The van der Waals surface area contributed by atoms with E-state index in [0.29, 0.717) is 11.6 Å². The van der Waals surface area contributed by atoms with Crippen molar-refractivity contribution in [2.45, 2.75) is 6.54 Å². The van der Waals surface area contributed by atoms with E-state index in [2.05, 4.69) is 25.3 Å². The second-order valence-electron chi connectivity index (χ2n) is 5.37. The molecule has 0 atom stereocenters. The van der Waals surface area contributed by atoms with E-state index in [1.807, 2.05) is 42.6 Å². The zero-order valence-corrected chi connectivity index (χ0v) is 13.5. The summed E-state index contributed by atoms with van der Waals surface area (Å²) in [7, 11) is 0. The third kappa shape index (κ3) is 2.81. The second-order valence-corrected chi connectivity index (χ2v) is 5.80. The van der Waals surface area contributed by atoms with Crippen molar-refractivity contribution in [3.63, 3.8) is 0 Å². The van der Waals surface area contributed by atoms with Crippen LogP contribution in [0.3, 0.4) is 0 Å². The smallest absolute Gasteiger partial charge is 0.143 e. The minimum Gasteiger partial charge on any atom is -0.365 e. The van der Waals surface area contributed by atoms with Crippen LogP contribution in [0.25, 0.3) is 22.2 Å². The van der Waals surface area contributed by atoms with Crippen molar-refractivity contribution in [1.82, 2.24) is 19.9 Å². The summed E-state index contributed by atoms with van der Waals surface area (Å²) in [4.78, 5) is 16.0. The van der Waals surface area contributed by atoms with Gasteiger partial charge in [-0.25, -0.2) is 9.97 Å². The van der Waals surface area contributed by atoms with Crippen LogP contribution in [0.4, 0.5) is 5.82 Å². The third-order valence-electron chi connectivity index (χ3n) is 3.81. The van der Waals surface area contributed by atoms with Crippen LogP contribution in [0, 0.1) is 0 Å². The van der Waals surface area contributed by atoms with Crippen LogP contribution < -0.4 is 5.32 Å². The van der Waals surface area contributed by atoms with E-state index in [1.165, 1.54) is 0 Å². The number of aromatic amines is 1. The molecule has 3 aromatic heterocycles. The number of benzene rings is 1. The van der Waals surface area contributed by atoms with Crippen LogP contribution in [0.5, 0.6) is 0 Å². The number of aromatic nitrogens is 4. The average Bonchev–Trinajstić information content (AvgIpc) is 3.05. The fourth-order valence-electron chi connectivity index (χ4n) is 2.67. The molecule has 0 bridgehead atoms. The van der Waals surface area contributed by atoms with Crippen LogP contribution in [0.1, 0.15) is 5.56 Å². The lowest BCUT2D eigenvalue weighted by Crippen LogP contribution is -2.02. The SMILES string of the molecule is Clc1cccc(-c2c[nH]c3ncnc(NCc4ccncc4)c23)c1. The molecule has 0 fully saturated rings. The van der Waals surface area contributed by atoms with Gasteiger partial charge in [-0.15, -0.1) is 0 Å². The fourth-order valence-corrected chi connectivity index (χ4v) is 2.86. The monoisotopic (exact) mass is 335 g/mol. The molecule has 6 heteroatoms. The number of H-pyrrole nitrogens is 1. The number of nitrogens with zero attached hydrogens (tertiary/aromatic N) is 3. The maximum absolute atomic E-state index is 6.13. The standard InChI is InChI=1S/C18H14ClN5/c19-14-3-1-2-13(8-14)15-10-22-18-16(15)17(23-11-24-18)21-9-12-4-6-20-7-5-12/h1-8,10-11H,9H2,(H2,21,22,23,24). The molecule has 0 aliphatic carbocycles. The van der Waals surface area contributed by atoms with Gasteiger partial charge in [-0.05, 0) is 35.4 Å². The van der Waals surface area contributed by atoms with Crippen LogP contribution in [-0.2, 0) is 6.54 Å². The summed E-state index contributed by atoms with van der Waals surface area (Å²) in [6.45, 7) is 0.662. The Morgan fingerprint density at radius 3 is 2.79 bits per heavy atom. The van der Waals surface area contributed by atoms with Gasteiger partial charge < -0.3 is 10.3 Å². The van der Waals surface area contributed by atoms with Gasteiger partial charge in [0.25, 0.3) is 0 Å². The molecule has 0 amide bonds. The summed E-state index contributed by atoms with van der Waals surface area (Å²) in [6.07, 6.45) is 7.04. The topological polar surface area (TPSA) is 66.5 Å². The van der Waals surface area contributed by atoms with Crippen molar-refractivity contribution < 1.29 is 0 Å². The van der Waals surface area contributed by atoms with Gasteiger partial charge in [0.2, 0.25) is 0 Å². The van der Waals surface area contributed by atoms with Crippen molar-refractivity contribution in [2.24, 2.45) is 0 Å². The van der Waals surface area contributed by atoms with E-state index in [1.54, 1.807) is 18.7 Å². The van der Waals surface area contributed by atoms with Crippen molar-refractivity contribution >= 4 is 28.5 Å². The Labute approximate surface area is 143 Å². The lowest BCUT2D eigenvalue weighted by molar-refractivity contribution is 1.09. The number of halogens is 1. The van der Waals surface area contributed by atoms with E-state index >= 15 is 0 Å². The molecule has 4 aromatic rings. The van der Waals surface area contributed by atoms with Crippen LogP contribution in [-0.4, -0.2) is 19.9 Å². The largest absolute Gasteiger partial charge is 0.365 e. The highest BCUT2D eigenvalue weighted by molar-refractivity contribution is 6.31. The highest BCUT2D eigenvalue weighted by Gasteiger charge is 2.12. The summed E-state index contributed by atoms with van der Waals surface area (Å²) in [5, 5.41) is 5.03. The zero-order chi connectivity index (χ0) is 16.4. The van der Waals surface area contributed by atoms with Gasteiger partial charge in [-0.2, -0.15) is 0 Å². The van der Waals surface area contributed by atoms with Gasteiger partial charge in [0.15, 0.2) is 0 Å². The molecule has 1 aromatic carbocycles. The Hall–Kier alpha value is -2.92. The Kier molecular flexibility index (Phi) is 3.84. The number of rotatable bonds is 4. The van der Waals surface area contributed by atoms with E-state index in [9.17, 15) is 0 Å². The van der Waals surface area contributed by atoms with Crippen molar-refractivity contribution in [2.75, 3.05) is 5.32 Å². The van der Waals surface area contributed by atoms with Crippen LogP contribution >= 0.6 is 11.6 Å². The first kappa shape index (κ1) is 14.7. The first-order valence-electron chi connectivity index (χ1n) is 7.52. The van der Waals surface area contributed by atoms with E-state index in [-0.39, 0.29) is 0 Å². The van der Waals surface area contributed by atoms with Crippen LogP contribution in [0.15, 0.2) is 61.3 Å². The minimum absolute atomic E-state index is 0.662. The van der Waals surface area contributed by atoms with Gasteiger partial charge in [-0.1, -0.05) is 23.7 Å².